The van der Waals surface area contributed by atoms with E-state index in [2.05, 4.69) is 17.6 Å². The molecule has 1 saturated heterocycles. The smallest absolute Gasteiger partial charge is 0.316 e. The van der Waals surface area contributed by atoms with Crippen LogP contribution in [-0.4, -0.2) is 44.7 Å². The molecule has 13 heavy (non-hydrogen) atoms. The van der Waals surface area contributed by atoms with Crippen LogP contribution in [-0.2, 0) is 0 Å². The first-order chi connectivity index (χ1) is 6.03. The van der Waals surface area contributed by atoms with E-state index in [-0.39, 0.29) is 11.4 Å². The Hall–Kier alpha value is -0.770. The zero-order valence-corrected chi connectivity index (χ0v) is 8.68. The lowest BCUT2D eigenvalue weighted by molar-refractivity contribution is 0.210. The third-order valence-electron chi connectivity index (χ3n) is 2.53. The Morgan fingerprint density at radius 2 is 2.31 bits per heavy atom. The minimum Gasteiger partial charge on any atom is -0.337 e. The van der Waals surface area contributed by atoms with Crippen molar-refractivity contribution in [2.45, 2.75) is 13.3 Å². The van der Waals surface area contributed by atoms with Gasteiger partial charge in [-0.2, -0.15) is 0 Å². The van der Waals surface area contributed by atoms with Gasteiger partial charge < -0.3 is 15.5 Å². The SMILES string of the molecule is CN(C)C(=O)NCC1(C)CCNC1. The summed E-state index contributed by atoms with van der Waals surface area (Å²) in [6.07, 6.45) is 1.14. The van der Waals surface area contributed by atoms with E-state index in [1.165, 1.54) is 0 Å². The predicted octanol–water partition coefficient (Wildman–Crippen LogP) is 0.257. The van der Waals surface area contributed by atoms with Gasteiger partial charge in [-0.15, -0.1) is 0 Å². The van der Waals surface area contributed by atoms with Crippen LogP contribution >= 0.6 is 0 Å². The standard InChI is InChI=1S/C9H19N3O/c1-9(4-5-10-6-9)7-11-8(13)12(2)3/h10H,4-7H2,1-3H3,(H,11,13). The van der Waals surface area contributed by atoms with Crippen molar-refractivity contribution in [3.8, 4) is 0 Å². The highest BCUT2D eigenvalue weighted by molar-refractivity contribution is 5.73. The first kappa shape index (κ1) is 10.3. The fourth-order valence-electron chi connectivity index (χ4n) is 1.47. The molecule has 0 aromatic rings. The second-order valence-corrected chi connectivity index (χ2v) is 4.29. The molecular weight excluding hydrogens is 166 g/mol. The van der Waals surface area contributed by atoms with Crippen LogP contribution in [0.3, 0.4) is 0 Å². The second-order valence-electron chi connectivity index (χ2n) is 4.29. The lowest BCUT2D eigenvalue weighted by Crippen LogP contribution is -2.41. The van der Waals surface area contributed by atoms with Crippen molar-refractivity contribution < 1.29 is 4.79 Å². The summed E-state index contributed by atoms with van der Waals surface area (Å²) in [5.74, 6) is 0. The number of rotatable bonds is 2. The maximum absolute atomic E-state index is 11.2. The monoisotopic (exact) mass is 185 g/mol. The Bertz CT molecular complexity index is 185. The Morgan fingerprint density at radius 3 is 2.77 bits per heavy atom. The van der Waals surface area contributed by atoms with Crippen LogP contribution in [0.2, 0.25) is 0 Å². The number of hydrogen-bond donors (Lipinski definition) is 2. The average Bonchev–Trinajstić information content (AvgIpc) is 2.48. The fourth-order valence-corrected chi connectivity index (χ4v) is 1.47. The topological polar surface area (TPSA) is 44.4 Å². The molecule has 4 nitrogen and oxygen atoms in total. The Balaban J connectivity index is 2.29. The molecule has 0 aromatic heterocycles. The number of hydrogen-bond acceptors (Lipinski definition) is 2. The van der Waals surface area contributed by atoms with Crippen molar-refractivity contribution in [3.63, 3.8) is 0 Å². The van der Waals surface area contributed by atoms with Crippen molar-refractivity contribution in [2.75, 3.05) is 33.7 Å². The van der Waals surface area contributed by atoms with Crippen molar-refractivity contribution >= 4 is 6.03 Å². The molecule has 1 atom stereocenters. The summed E-state index contributed by atoms with van der Waals surface area (Å²) >= 11 is 0. The van der Waals surface area contributed by atoms with E-state index < -0.39 is 0 Å². The van der Waals surface area contributed by atoms with Gasteiger partial charge in [-0.05, 0) is 18.4 Å². The van der Waals surface area contributed by atoms with Crippen LogP contribution in [0.25, 0.3) is 0 Å². The Morgan fingerprint density at radius 1 is 1.62 bits per heavy atom. The van der Waals surface area contributed by atoms with Crippen molar-refractivity contribution in [2.24, 2.45) is 5.41 Å². The molecule has 2 N–H and O–H groups in total. The lowest BCUT2D eigenvalue weighted by atomic mass is 9.90. The molecule has 1 aliphatic rings. The molecule has 0 saturated carbocycles. The van der Waals surface area contributed by atoms with Crippen molar-refractivity contribution in [1.29, 1.82) is 0 Å². The summed E-state index contributed by atoms with van der Waals surface area (Å²) in [5, 5.41) is 6.21. The van der Waals surface area contributed by atoms with E-state index in [0.29, 0.717) is 0 Å². The molecule has 0 bridgehead atoms. The normalized spacial score (nSPS) is 27.3. The summed E-state index contributed by atoms with van der Waals surface area (Å²) in [4.78, 5) is 12.8. The second kappa shape index (κ2) is 3.96. The summed E-state index contributed by atoms with van der Waals surface area (Å²) < 4.78 is 0. The van der Waals surface area contributed by atoms with E-state index in [1.807, 2.05) is 0 Å². The highest BCUT2D eigenvalue weighted by Crippen LogP contribution is 2.22. The van der Waals surface area contributed by atoms with Gasteiger partial charge >= 0.3 is 6.03 Å². The van der Waals surface area contributed by atoms with Crippen molar-refractivity contribution in [1.82, 2.24) is 15.5 Å². The summed E-state index contributed by atoms with van der Waals surface area (Å²) in [6, 6.07) is -0.00637. The number of carbonyl (C=O) groups is 1. The van der Waals surface area contributed by atoms with Gasteiger partial charge in [-0.1, -0.05) is 6.92 Å². The maximum atomic E-state index is 11.2. The number of urea groups is 1. The maximum Gasteiger partial charge on any atom is 0.316 e. The van der Waals surface area contributed by atoms with Crippen LogP contribution in [0.4, 0.5) is 4.79 Å². The minimum absolute atomic E-state index is 0.00637. The molecule has 76 valence electrons. The predicted molar refractivity (Wildman–Crippen MR) is 52.7 cm³/mol. The average molecular weight is 185 g/mol. The van der Waals surface area contributed by atoms with Gasteiger partial charge in [0.25, 0.3) is 0 Å². The highest BCUT2D eigenvalue weighted by Gasteiger charge is 2.28. The molecule has 1 rings (SSSR count). The molecule has 1 aliphatic heterocycles. The number of nitrogens with one attached hydrogen (secondary N) is 2. The fraction of sp³-hybridized carbons (Fsp3) is 0.889. The summed E-state index contributed by atoms with van der Waals surface area (Å²) in [7, 11) is 3.51. The molecule has 0 aromatic carbocycles. The van der Waals surface area contributed by atoms with Crippen LogP contribution in [0.15, 0.2) is 0 Å². The van der Waals surface area contributed by atoms with Crippen LogP contribution in [0.5, 0.6) is 0 Å². The quantitative estimate of drug-likeness (QED) is 0.648. The minimum atomic E-state index is -0.00637. The van der Waals surface area contributed by atoms with E-state index in [1.54, 1.807) is 19.0 Å². The molecule has 2 amide bonds. The first-order valence-electron chi connectivity index (χ1n) is 4.69. The molecule has 0 aliphatic carbocycles. The van der Waals surface area contributed by atoms with Gasteiger partial charge in [0.1, 0.15) is 0 Å². The van der Waals surface area contributed by atoms with Crippen LogP contribution in [0, 0.1) is 5.41 Å². The zero-order valence-electron chi connectivity index (χ0n) is 8.68. The first-order valence-corrected chi connectivity index (χ1v) is 4.69. The number of carbonyl (C=O) groups excluding carboxylic acids is 1. The highest BCUT2D eigenvalue weighted by atomic mass is 16.2. The lowest BCUT2D eigenvalue weighted by Gasteiger charge is -2.24. The van der Waals surface area contributed by atoms with E-state index >= 15 is 0 Å². The number of amides is 2. The molecular formula is C9H19N3O. The van der Waals surface area contributed by atoms with Crippen LogP contribution < -0.4 is 10.6 Å². The summed E-state index contributed by atoms with van der Waals surface area (Å²) in [6.45, 7) is 5.02. The van der Waals surface area contributed by atoms with Gasteiger partial charge in [-0.3, -0.25) is 0 Å². The van der Waals surface area contributed by atoms with E-state index in [0.717, 1.165) is 26.1 Å². The van der Waals surface area contributed by atoms with Crippen LogP contribution in [0.1, 0.15) is 13.3 Å². The van der Waals surface area contributed by atoms with Gasteiger partial charge in [0.2, 0.25) is 0 Å². The molecule has 1 heterocycles. The van der Waals surface area contributed by atoms with Crippen molar-refractivity contribution in [3.05, 3.63) is 0 Å². The number of nitrogens with zero attached hydrogens (tertiary/aromatic N) is 1. The molecule has 1 fully saturated rings. The van der Waals surface area contributed by atoms with Gasteiger partial charge in [0, 0.05) is 27.2 Å². The van der Waals surface area contributed by atoms with Gasteiger partial charge in [-0.25, -0.2) is 4.79 Å². The van der Waals surface area contributed by atoms with E-state index in [9.17, 15) is 4.79 Å². The van der Waals surface area contributed by atoms with Gasteiger partial charge in [0.05, 0.1) is 0 Å². The largest absolute Gasteiger partial charge is 0.337 e. The van der Waals surface area contributed by atoms with Gasteiger partial charge in [0.15, 0.2) is 0 Å². The molecule has 4 heteroatoms. The summed E-state index contributed by atoms with van der Waals surface area (Å²) in [5.41, 5.74) is 0.242. The molecule has 0 spiro atoms. The third kappa shape index (κ3) is 2.88. The Labute approximate surface area is 79.7 Å². The molecule has 1 unspecified atom stereocenters. The molecule has 0 radical (unpaired) electrons. The zero-order chi connectivity index (χ0) is 9.90. The Kier molecular flexibility index (Phi) is 3.14. The third-order valence-corrected chi connectivity index (χ3v) is 2.53. The van der Waals surface area contributed by atoms with E-state index in [4.69, 9.17) is 0 Å².